The first-order valence-corrected chi connectivity index (χ1v) is 12.3. The average molecular weight is 447 g/mol. The van der Waals surface area contributed by atoms with Crippen LogP contribution in [0, 0.1) is 0 Å². The molecule has 1 fully saturated rings. The molecule has 1 aliphatic rings. The zero-order valence-corrected chi connectivity index (χ0v) is 18.6. The Morgan fingerprint density at radius 3 is 2.35 bits per heavy atom. The minimum atomic E-state index is -3.18. The molecule has 2 aromatic carbocycles. The fourth-order valence-corrected chi connectivity index (χ4v) is 4.37. The van der Waals surface area contributed by atoms with Crippen molar-refractivity contribution in [1.29, 1.82) is 0 Å². The summed E-state index contributed by atoms with van der Waals surface area (Å²) in [5.41, 5.74) is 1.00. The Morgan fingerprint density at radius 1 is 1.03 bits per heavy atom. The summed E-state index contributed by atoms with van der Waals surface area (Å²) in [4.78, 5) is 14.7. The lowest BCUT2D eigenvalue weighted by Crippen LogP contribution is -2.45. The molecule has 1 heterocycles. The van der Waals surface area contributed by atoms with Crippen molar-refractivity contribution >= 4 is 21.4 Å². The third-order valence-electron chi connectivity index (χ3n) is 5.27. The van der Waals surface area contributed by atoms with Crippen molar-refractivity contribution < 1.29 is 22.7 Å². The Balaban J connectivity index is 1.33. The molecule has 0 bridgehead atoms. The number of anilines is 1. The highest BCUT2D eigenvalue weighted by molar-refractivity contribution is 7.91. The molecule has 0 aromatic heterocycles. The van der Waals surface area contributed by atoms with Crippen molar-refractivity contribution in [3.63, 3.8) is 0 Å². The number of carbonyl (C=O) groups is 1. The number of hydrogen-bond donors (Lipinski definition) is 1. The lowest BCUT2D eigenvalue weighted by atomic mass is 10.0. The van der Waals surface area contributed by atoms with Gasteiger partial charge in [-0.2, -0.15) is 0 Å². The molecule has 1 amide bonds. The Labute approximate surface area is 184 Å². The van der Waals surface area contributed by atoms with E-state index in [9.17, 15) is 13.2 Å². The minimum absolute atomic E-state index is 0.0196. The number of ether oxygens (including phenoxy) is 2. The Bertz CT molecular complexity index is 924. The molecule has 2 aromatic rings. The number of piperidine rings is 1. The van der Waals surface area contributed by atoms with Gasteiger partial charge in [-0.25, -0.2) is 8.42 Å². The monoisotopic (exact) mass is 446 g/mol. The average Bonchev–Trinajstić information content (AvgIpc) is 2.80. The topological polar surface area (TPSA) is 84.9 Å². The lowest BCUT2D eigenvalue weighted by Gasteiger charge is -2.34. The third kappa shape index (κ3) is 6.97. The second-order valence-electron chi connectivity index (χ2n) is 7.44. The van der Waals surface area contributed by atoms with Crippen LogP contribution in [0.15, 0.2) is 59.5 Å². The maximum atomic E-state index is 12.1. The number of hydrogen-bond acceptors (Lipinski definition) is 6. The van der Waals surface area contributed by atoms with Crippen LogP contribution in [0.1, 0.15) is 19.8 Å². The number of rotatable bonds is 10. The van der Waals surface area contributed by atoms with Crippen LogP contribution in [0.5, 0.6) is 5.75 Å². The van der Waals surface area contributed by atoms with Gasteiger partial charge in [0.1, 0.15) is 19.0 Å². The Kier molecular flexibility index (Phi) is 8.31. The minimum Gasteiger partial charge on any atom is -0.491 e. The van der Waals surface area contributed by atoms with E-state index in [1.807, 2.05) is 42.5 Å². The molecule has 0 saturated carbocycles. The van der Waals surface area contributed by atoms with Crippen molar-refractivity contribution in [3.05, 3.63) is 54.6 Å². The van der Waals surface area contributed by atoms with Crippen LogP contribution in [0.2, 0.25) is 0 Å². The summed E-state index contributed by atoms with van der Waals surface area (Å²) < 4.78 is 34.8. The van der Waals surface area contributed by atoms with Gasteiger partial charge in [-0.3, -0.25) is 4.79 Å². The number of para-hydroxylation sites is 1. The predicted molar refractivity (Wildman–Crippen MR) is 120 cm³/mol. The van der Waals surface area contributed by atoms with Crippen LogP contribution >= 0.6 is 0 Å². The number of carbonyl (C=O) groups excluding carboxylic acids is 1. The normalized spacial score (nSPS) is 14.9. The molecule has 0 radical (unpaired) electrons. The summed E-state index contributed by atoms with van der Waals surface area (Å²) in [6.45, 7) is 4.02. The van der Waals surface area contributed by atoms with Crippen LogP contribution in [-0.4, -0.2) is 59.0 Å². The standard InChI is InChI=1S/C23H30N2O5S/c1-2-31(27,28)22-10-8-20(9-11-22)25-14-12-19(13-15-25)24-23(26)18-29-16-17-30-21-6-4-3-5-7-21/h3-11,19H,2,12-18H2,1H3,(H,24,26). The summed E-state index contributed by atoms with van der Waals surface area (Å²) >= 11 is 0. The van der Waals surface area contributed by atoms with Crippen LogP contribution in [0.4, 0.5) is 5.69 Å². The molecule has 31 heavy (non-hydrogen) atoms. The van der Waals surface area contributed by atoms with E-state index in [0.29, 0.717) is 18.1 Å². The van der Waals surface area contributed by atoms with Gasteiger partial charge in [0.15, 0.2) is 9.84 Å². The molecule has 1 saturated heterocycles. The first-order valence-electron chi connectivity index (χ1n) is 10.6. The first-order chi connectivity index (χ1) is 15.0. The van der Waals surface area contributed by atoms with Gasteiger partial charge in [0, 0.05) is 24.8 Å². The van der Waals surface area contributed by atoms with Crippen molar-refractivity contribution in [2.45, 2.75) is 30.7 Å². The Morgan fingerprint density at radius 2 is 1.71 bits per heavy atom. The van der Waals surface area contributed by atoms with Crippen molar-refractivity contribution in [3.8, 4) is 5.75 Å². The van der Waals surface area contributed by atoms with Crippen LogP contribution < -0.4 is 15.0 Å². The van der Waals surface area contributed by atoms with Gasteiger partial charge in [-0.05, 0) is 49.2 Å². The van der Waals surface area contributed by atoms with E-state index in [1.165, 1.54) is 0 Å². The zero-order valence-electron chi connectivity index (χ0n) is 17.8. The summed E-state index contributed by atoms with van der Waals surface area (Å²) in [6.07, 6.45) is 1.66. The van der Waals surface area contributed by atoms with Crippen LogP contribution in [-0.2, 0) is 19.4 Å². The van der Waals surface area contributed by atoms with Gasteiger partial charge in [0.05, 0.1) is 17.3 Å². The SMILES string of the molecule is CCS(=O)(=O)c1ccc(N2CCC(NC(=O)COCCOc3ccccc3)CC2)cc1. The van der Waals surface area contributed by atoms with Gasteiger partial charge in [0.2, 0.25) is 5.91 Å². The predicted octanol–water partition coefficient (Wildman–Crippen LogP) is 2.66. The van der Waals surface area contributed by atoms with Crippen molar-refractivity contribution in [1.82, 2.24) is 5.32 Å². The van der Waals surface area contributed by atoms with Gasteiger partial charge in [-0.15, -0.1) is 0 Å². The van der Waals surface area contributed by atoms with Gasteiger partial charge >= 0.3 is 0 Å². The number of benzene rings is 2. The van der Waals surface area contributed by atoms with E-state index in [2.05, 4.69) is 10.2 Å². The smallest absolute Gasteiger partial charge is 0.246 e. The lowest BCUT2D eigenvalue weighted by molar-refractivity contribution is -0.126. The van der Waals surface area contributed by atoms with Gasteiger partial charge < -0.3 is 19.7 Å². The summed E-state index contributed by atoms with van der Waals surface area (Å²) in [7, 11) is -3.18. The molecule has 0 spiro atoms. The maximum Gasteiger partial charge on any atom is 0.246 e. The fraction of sp³-hybridized carbons (Fsp3) is 0.435. The molecule has 1 N–H and O–H groups in total. The number of sulfone groups is 1. The zero-order chi connectivity index (χ0) is 22.1. The number of nitrogens with zero attached hydrogens (tertiary/aromatic N) is 1. The number of amides is 1. The van der Waals surface area contributed by atoms with E-state index in [0.717, 1.165) is 37.4 Å². The van der Waals surface area contributed by atoms with Crippen LogP contribution in [0.25, 0.3) is 0 Å². The van der Waals surface area contributed by atoms with E-state index in [1.54, 1.807) is 19.1 Å². The highest BCUT2D eigenvalue weighted by Gasteiger charge is 2.21. The maximum absolute atomic E-state index is 12.1. The molecular weight excluding hydrogens is 416 g/mol. The molecule has 0 atom stereocenters. The first kappa shape index (κ1) is 23.1. The second-order valence-corrected chi connectivity index (χ2v) is 9.72. The molecule has 7 nitrogen and oxygen atoms in total. The molecule has 168 valence electrons. The highest BCUT2D eigenvalue weighted by Crippen LogP contribution is 2.22. The molecular formula is C23H30N2O5S. The van der Waals surface area contributed by atoms with Crippen molar-refractivity contribution in [2.24, 2.45) is 0 Å². The quantitative estimate of drug-likeness (QED) is 0.565. The van der Waals surface area contributed by atoms with Crippen molar-refractivity contribution in [2.75, 3.05) is 43.6 Å². The second kappa shape index (κ2) is 11.2. The molecule has 0 unspecified atom stereocenters. The van der Waals surface area contributed by atoms with E-state index >= 15 is 0 Å². The van der Waals surface area contributed by atoms with E-state index in [4.69, 9.17) is 9.47 Å². The summed E-state index contributed by atoms with van der Waals surface area (Å²) in [5, 5.41) is 3.03. The van der Waals surface area contributed by atoms with Crippen LogP contribution in [0.3, 0.4) is 0 Å². The Hall–Kier alpha value is -2.58. The van der Waals surface area contributed by atoms with Gasteiger partial charge in [0.25, 0.3) is 0 Å². The fourth-order valence-electron chi connectivity index (χ4n) is 3.48. The van der Waals surface area contributed by atoms with E-state index in [-0.39, 0.29) is 24.3 Å². The molecule has 8 heteroatoms. The molecule has 0 aliphatic carbocycles. The number of nitrogens with one attached hydrogen (secondary N) is 1. The third-order valence-corrected chi connectivity index (χ3v) is 7.02. The summed E-state index contributed by atoms with van der Waals surface area (Å²) in [5.74, 6) is 0.762. The molecule has 3 rings (SSSR count). The molecule has 1 aliphatic heterocycles. The largest absolute Gasteiger partial charge is 0.491 e. The van der Waals surface area contributed by atoms with Gasteiger partial charge in [-0.1, -0.05) is 25.1 Å². The summed E-state index contributed by atoms with van der Waals surface area (Å²) in [6, 6.07) is 16.6. The van der Waals surface area contributed by atoms with E-state index < -0.39 is 9.84 Å². The highest BCUT2D eigenvalue weighted by atomic mass is 32.2.